The van der Waals surface area contributed by atoms with Crippen molar-refractivity contribution in [2.45, 2.75) is 0 Å². The van der Waals surface area contributed by atoms with E-state index < -0.39 is 5.24 Å². The Labute approximate surface area is 128 Å². The zero-order chi connectivity index (χ0) is 14.3. The van der Waals surface area contributed by atoms with Crippen LogP contribution in [0.1, 0.15) is 10.4 Å². The molecule has 0 radical (unpaired) electrons. The predicted molar refractivity (Wildman–Crippen MR) is 81.8 cm³/mol. The van der Waals surface area contributed by atoms with Gasteiger partial charge < -0.3 is 4.57 Å². The molecule has 2 heterocycles. The molecule has 0 spiro atoms. The quantitative estimate of drug-likeness (QED) is 0.661. The lowest BCUT2D eigenvalue weighted by atomic mass is 10.1. The molecule has 4 nitrogen and oxygen atoms in total. The van der Waals surface area contributed by atoms with Crippen molar-refractivity contribution in [1.82, 2.24) is 14.5 Å². The molecular formula is C14H9BrClN3O. The smallest absolute Gasteiger partial charge is 0.253 e. The fourth-order valence-corrected chi connectivity index (χ4v) is 2.61. The predicted octanol–water partition coefficient (Wildman–Crippen LogP) is 3.78. The molecule has 0 aliphatic rings. The third-order valence-corrected chi connectivity index (χ3v) is 3.73. The summed E-state index contributed by atoms with van der Waals surface area (Å²) < 4.78 is 2.71. The summed E-state index contributed by atoms with van der Waals surface area (Å²) in [5.41, 5.74) is 1.75. The van der Waals surface area contributed by atoms with Gasteiger partial charge >= 0.3 is 0 Å². The molecule has 2 aromatic heterocycles. The normalized spacial score (nSPS) is 10.9. The largest absolute Gasteiger partial charge is 0.333 e. The number of nitrogens with zero attached hydrogens (tertiary/aromatic N) is 3. The van der Waals surface area contributed by atoms with E-state index in [2.05, 4.69) is 25.9 Å². The Morgan fingerprint density at radius 1 is 1.35 bits per heavy atom. The highest BCUT2D eigenvalue weighted by Crippen LogP contribution is 2.27. The van der Waals surface area contributed by atoms with Crippen LogP contribution in [0.25, 0.3) is 22.4 Å². The maximum absolute atomic E-state index is 11.7. The average Bonchev–Trinajstić information content (AvgIpc) is 2.83. The van der Waals surface area contributed by atoms with E-state index >= 15 is 0 Å². The van der Waals surface area contributed by atoms with Crippen molar-refractivity contribution in [3.63, 3.8) is 0 Å². The monoisotopic (exact) mass is 349 g/mol. The summed E-state index contributed by atoms with van der Waals surface area (Å²) in [6, 6.07) is 7.22. The van der Waals surface area contributed by atoms with Gasteiger partial charge in [-0.1, -0.05) is 15.9 Å². The molecule has 20 heavy (non-hydrogen) atoms. The first-order chi connectivity index (χ1) is 9.56. The highest BCUT2D eigenvalue weighted by molar-refractivity contribution is 9.10. The number of imidazole rings is 1. The molecule has 3 aromatic rings. The maximum Gasteiger partial charge on any atom is 0.253 e. The van der Waals surface area contributed by atoms with Gasteiger partial charge in [0.1, 0.15) is 5.69 Å². The van der Waals surface area contributed by atoms with Crippen LogP contribution in [0.2, 0.25) is 0 Å². The molecule has 100 valence electrons. The molecule has 0 atom stereocenters. The zero-order valence-corrected chi connectivity index (χ0v) is 12.8. The summed E-state index contributed by atoms with van der Waals surface area (Å²) in [6.07, 6.45) is 3.51. The zero-order valence-electron chi connectivity index (χ0n) is 10.5. The minimum Gasteiger partial charge on any atom is -0.333 e. The lowest BCUT2D eigenvalue weighted by Gasteiger charge is -2.07. The molecule has 0 aliphatic carbocycles. The first kappa shape index (κ1) is 13.3. The van der Waals surface area contributed by atoms with E-state index in [1.165, 1.54) is 0 Å². The summed E-state index contributed by atoms with van der Waals surface area (Å²) in [7, 11) is 1.87. The average molecular weight is 351 g/mol. The molecule has 0 fully saturated rings. The third kappa shape index (κ3) is 2.23. The van der Waals surface area contributed by atoms with Gasteiger partial charge in [-0.25, -0.2) is 9.97 Å². The molecule has 0 N–H and O–H groups in total. The topological polar surface area (TPSA) is 47.8 Å². The van der Waals surface area contributed by atoms with Gasteiger partial charge in [-0.05, 0) is 35.9 Å². The van der Waals surface area contributed by atoms with Crippen LogP contribution < -0.4 is 0 Å². The summed E-state index contributed by atoms with van der Waals surface area (Å²) in [6.45, 7) is 0. The van der Waals surface area contributed by atoms with E-state index in [0.29, 0.717) is 22.6 Å². The van der Waals surface area contributed by atoms with Crippen molar-refractivity contribution < 1.29 is 4.79 Å². The summed E-state index contributed by atoms with van der Waals surface area (Å²) in [4.78, 5) is 20.5. The van der Waals surface area contributed by atoms with Gasteiger partial charge in [0, 0.05) is 34.9 Å². The molecular weight excluding hydrogens is 342 g/mol. The number of hydrogen-bond acceptors (Lipinski definition) is 3. The maximum atomic E-state index is 11.7. The van der Waals surface area contributed by atoms with E-state index in [4.69, 9.17) is 11.6 Å². The molecule has 0 saturated heterocycles. The van der Waals surface area contributed by atoms with Gasteiger partial charge in [-0.15, -0.1) is 0 Å². The van der Waals surface area contributed by atoms with Gasteiger partial charge in [-0.3, -0.25) is 4.79 Å². The molecule has 3 rings (SSSR count). The van der Waals surface area contributed by atoms with Crippen molar-refractivity contribution in [1.29, 1.82) is 0 Å². The number of carbonyl (C=O) groups excluding carboxylic acids is 1. The summed E-state index contributed by atoms with van der Waals surface area (Å²) in [5.74, 6) is 0.689. The van der Waals surface area contributed by atoms with Crippen LogP contribution in [-0.4, -0.2) is 19.8 Å². The Balaban J connectivity index is 2.34. The molecule has 1 aromatic carbocycles. The van der Waals surface area contributed by atoms with Crippen LogP contribution in [0.5, 0.6) is 0 Å². The minimum absolute atomic E-state index is 0.427. The SMILES string of the molecule is Cn1ccnc1-c1cc(C(=O)Cl)c2cc(Br)ccc2n1. The number of aryl methyl sites for hydroxylation is 1. The van der Waals surface area contributed by atoms with Crippen LogP contribution in [0.3, 0.4) is 0 Å². The van der Waals surface area contributed by atoms with Crippen LogP contribution in [0, 0.1) is 0 Å². The van der Waals surface area contributed by atoms with Crippen LogP contribution in [-0.2, 0) is 7.05 Å². The van der Waals surface area contributed by atoms with E-state index in [-0.39, 0.29) is 0 Å². The minimum atomic E-state index is -0.508. The van der Waals surface area contributed by atoms with Crippen LogP contribution in [0.15, 0.2) is 41.1 Å². The van der Waals surface area contributed by atoms with E-state index in [0.717, 1.165) is 9.86 Å². The van der Waals surface area contributed by atoms with Crippen molar-refractivity contribution >= 4 is 43.7 Å². The van der Waals surface area contributed by atoms with E-state index in [1.807, 2.05) is 36.0 Å². The molecule has 0 aliphatic heterocycles. The number of hydrogen-bond donors (Lipinski definition) is 0. The van der Waals surface area contributed by atoms with Crippen LogP contribution in [0.4, 0.5) is 0 Å². The number of carbonyl (C=O) groups is 1. The first-order valence-corrected chi connectivity index (χ1v) is 7.01. The Bertz CT molecular complexity index is 828. The van der Waals surface area contributed by atoms with E-state index in [9.17, 15) is 4.79 Å². The second-order valence-electron chi connectivity index (χ2n) is 4.35. The van der Waals surface area contributed by atoms with Gasteiger partial charge in [0.15, 0.2) is 5.82 Å². The molecule has 0 saturated carbocycles. The highest BCUT2D eigenvalue weighted by atomic mass is 79.9. The molecule has 0 bridgehead atoms. The number of aromatic nitrogens is 3. The Morgan fingerprint density at radius 2 is 2.15 bits per heavy atom. The van der Waals surface area contributed by atoms with Crippen molar-refractivity contribution in [2.24, 2.45) is 7.05 Å². The van der Waals surface area contributed by atoms with Crippen molar-refractivity contribution in [3.05, 3.63) is 46.7 Å². The van der Waals surface area contributed by atoms with Crippen LogP contribution >= 0.6 is 27.5 Å². The number of rotatable bonds is 2. The Hall–Kier alpha value is -1.72. The fraction of sp³-hybridized carbons (Fsp3) is 0.0714. The summed E-state index contributed by atoms with van der Waals surface area (Å²) >= 11 is 9.08. The lowest BCUT2D eigenvalue weighted by molar-refractivity contribution is 0.108. The second-order valence-corrected chi connectivity index (χ2v) is 5.61. The summed E-state index contributed by atoms with van der Waals surface area (Å²) in [5, 5.41) is 0.211. The van der Waals surface area contributed by atoms with Crippen molar-refractivity contribution in [2.75, 3.05) is 0 Å². The van der Waals surface area contributed by atoms with E-state index in [1.54, 1.807) is 12.3 Å². The number of halogens is 2. The first-order valence-electron chi connectivity index (χ1n) is 5.84. The molecule has 6 heteroatoms. The number of pyridine rings is 1. The fourth-order valence-electron chi connectivity index (χ4n) is 2.09. The molecule has 0 amide bonds. The van der Waals surface area contributed by atoms with Gasteiger partial charge in [0.2, 0.25) is 0 Å². The third-order valence-electron chi connectivity index (χ3n) is 3.03. The van der Waals surface area contributed by atoms with Gasteiger partial charge in [0.25, 0.3) is 5.24 Å². The Kier molecular flexibility index (Phi) is 3.31. The Morgan fingerprint density at radius 3 is 2.80 bits per heavy atom. The number of benzene rings is 1. The second kappa shape index (κ2) is 5.00. The lowest BCUT2D eigenvalue weighted by Crippen LogP contribution is -1.99. The highest BCUT2D eigenvalue weighted by Gasteiger charge is 2.14. The van der Waals surface area contributed by atoms with Gasteiger partial charge in [0.05, 0.1) is 5.52 Å². The van der Waals surface area contributed by atoms with Crippen molar-refractivity contribution in [3.8, 4) is 11.5 Å². The standard InChI is InChI=1S/C14H9BrClN3O/c1-19-5-4-17-14(19)12-7-10(13(16)20)9-6-8(15)2-3-11(9)18-12/h2-7H,1H3. The molecule has 0 unspecified atom stereocenters. The van der Waals surface area contributed by atoms with Gasteiger partial charge in [-0.2, -0.15) is 0 Å². The number of fused-ring (bicyclic) bond motifs is 1.